The number of fused-ring (bicyclic) bond motifs is 8. The number of carbonyl (C=O) groups excluding carboxylic acids is 4. The van der Waals surface area contributed by atoms with Crippen LogP contribution in [0.2, 0.25) is 0 Å². The second-order valence-corrected chi connectivity index (χ2v) is 48.6. The average Bonchev–Trinajstić information content (AvgIpc) is 0.740. The number of rotatable bonds is 19. The molecule has 0 bridgehead atoms. The predicted octanol–water partition coefficient (Wildman–Crippen LogP) is 24.1. The molecule has 137 heavy (non-hydrogen) atoms. The summed E-state index contributed by atoms with van der Waals surface area (Å²) < 4.78 is 76.5. The summed E-state index contributed by atoms with van der Waals surface area (Å²) in [6.45, 7) is 2.57. The van der Waals surface area contributed by atoms with E-state index in [0.29, 0.717) is 123 Å². The van der Waals surface area contributed by atoms with Crippen molar-refractivity contribution in [2.45, 2.75) is 222 Å². The number of halogens is 4. The molecule has 0 radical (unpaired) electrons. The average molecular weight is 2010 g/mol. The number of phenols is 2. The van der Waals surface area contributed by atoms with Gasteiger partial charge < -0.3 is 91.8 Å². The van der Waals surface area contributed by atoms with Gasteiger partial charge in [0, 0.05) is 35.6 Å². The van der Waals surface area contributed by atoms with Gasteiger partial charge in [0.2, 0.25) is 23.0 Å². The summed E-state index contributed by atoms with van der Waals surface area (Å²) >= 11 is -3.11. The molecule has 0 aromatic heterocycles. The van der Waals surface area contributed by atoms with Crippen molar-refractivity contribution >= 4 is 72.9 Å². The van der Waals surface area contributed by atoms with Crippen molar-refractivity contribution in [1.29, 1.82) is 0 Å². The number of aldehydes is 1. The molecular formula is C108H138Cl4O24Ti. The topological polar surface area (TPSA) is 316 Å². The summed E-state index contributed by atoms with van der Waals surface area (Å²) in [5.74, 6) is 7.13. The van der Waals surface area contributed by atoms with Crippen LogP contribution in [0.15, 0.2) is 121 Å². The van der Waals surface area contributed by atoms with Gasteiger partial charge >= 0.3 is 49.6 Å². The summed E-state index contributed by atoms with van der Waals surface area (Å²) in [6.07, 6.45) is 27.2. The standard InChI is InChI=1S/C26H30O5.C22H26O5.C22H24O5.C12H14O2.C10H12O4.C10H12O.C2H4O2.4CH4.4ClH.Ti/c1-29-24-10-16(11-25(30-2)26(24)31-3)8-9-22(27)21-14-19-12-17-6-4-5-7-18(17)13-20(19)15-23(21)28;2*1-24-20-10-15(11-21(25-2)22(20)26-3)18-12-17(23)16-8-13-6-4-5-7-14(13)9-19(16)27-18;1-8(13)11-6-9-4-2-3-5-10(9)7-12(11)14;1-12-8-4-7(6-11)5-9(13-2)10(8)14-3;11-10-6-5-8-3-1-2-4-9(8)7-10;1-2(3)4;;;;;;;;;/h8-13,21,23,28H,4-7,14-15H2,1-3H3;8-11,17-18,23H,4-7,12H2,1-3H3;8-11,18H,4-7,12H2,1-3H3;6-7,14H,2-5H2,1H3;4-6H,1-3H3;5-7,11H,1-4H2;1H3,(H,3,4);4*1H4;4*1H;/q;;;;;;;;;;;;;;;+4/p-4/b9-8+;;;;;;;;;;;;;;;. The summed E-state index contributed by atoms with van der Waals surface area (Å²) in [5.41, 5.74) is 20.8. The Morgan fingerprint density at radius 3 is 1.13 bits per heavy atom. The number of hydrogen-bond donors (Lipinski definition) is 5. The molecule has 5 atom stereocenters. The number of carbonyl (C=O) groups is 5. The number of aromatic hydroxyl groups is 2. The Morgan fingerprint density at radius 1 is 0.394 bits per heavy atom. The number of allylic oxidation sites excluding steroid dienone is 1. The fourth-order valence-electron chi connectivity index (χ4n) is 17.9. The van der Waals surface area contributed by atoms with Gasteiger partial charge in [-0.05, 0) is 324 Å². The maximum atomic E-state index is 13.0. The number of ether oxygens (including phenoxy) is 14. The summed E-state index contributed by atoms with van der Waals surface area (Å²) in [5, 5.41) is 47.7. The van der Waals surface area contributed by atoms with E-state index in [-0.39, 0.29) is 65.0 Å². The zero-order valence-corrected chi connectivity index (χ0v) is 82.6. The second-order valence-electron chi connectivity index (χ2n) is 33.2. The first kappa shape index (κ1) is 115. The van der Waals surface area contributed by atoms with Crippen LogP contribution in [0.1, 0.15) is 259 Å². The van der Waals surface area contributed by atoms with Crippen molar-refractivity contribution in [2.75, 3.05) is 85.3 Å². The number of aryl methyl sites for hydroxylation is 10. The van der Waals surface area contributed by atoms with E-state index in [9.17, 15) is 39.6 Å². The number of Topliss-reactive ketones (excluding diaryl/α,β-unsaturated/α-hetero) is 2. The molecule has 8 aliphatic rings. The van der Waals surface area contributed by atoms with E-state index in [4.69, 9.17) is 113 Å². The Morgan fingerprint density at radius 2 is 0.730 bits per heavy atom. The molecule has 5 N–H and O–H groups in total. The number of ketones is 3. The van der Waals surface area contributed by atoms with Crippen molar-refractivity contribution in [3.8, 4) is 92.0 Å². The monoisotopic (exact) mass is 2010 g/mol. The number of aliphatic hydroxyl groups excluding tert-OH is 2. The van der Waals surface area contributed by atoms with E-state index in [0.717, 1.165) is 99.0 Å². The number of benzene rings is 9. The van der Waals surface area contributed by atoms with E-state index in [1.807, 2.05) is 48.5 Å². The molecule has 0 amide bonds. The molecule has 17 rings (SSSR count). The zero-order valence-electron chi connectivity index (χ0n) is 78.1. The fourth-order valence-corrected chi connectivity index (χ4v) is 17.9. The van der Waals surface area contributed by atoms with Crippen LogP contribution < -0.4 is 66.3 Å². The van der Waals surface area contributed by atoms with Crippen molar-refractivity contribution < 1.29 is 128 Å². The molecule has 6 aliphatic carbocycles. The molecule has 9 aromatic rings. The third-order valence-electron chi connectivity index (χ3n) is 24.5. The number of phenolic OH excluding ortho intramolecular Hbond substituents is 2. The Balaban J connectivity index is 0.000000254. The Hall–Kier alpha value is -10.5. The number of hydrogen-bond acceptors (Lipinski definition) is 23. The van der Waals surface area contributed by atoms with Crippen LogP contribution in [0.4, 0.5) is 0 Å². The molecule has 0 saturated carbocycles. The van der Waals surface area contributed by atoms with E-state index < -0.39 is 36.4 Å². The molecule has 24 nitrogen and oxygen atoms in total. The summed E-state index contributed by atoms with van der Waals surface area (Å²) in [4.78, 5) is 56.6. The molecule has 9 aromatic carbocycles. The van der Waals surface area contributed by atoms with Gasteiger partial charge in [-0.2, -0.15) is 0 Å². The zero-order chi connectivity index (χ0) is 96.3. The van der Waals surface area contributed by atoms with Crippen LogP contribution in [-0.4, -0.2) is 147 Å². The van der Waals surface area contributed by atoms with Gasteiger partial charge in [-0.25, -0.2) is 0 Å². The van der Waals surface area contributed by atoms with Gasteiger partial charge in [0.1, 0.15) is 41.5 Å². The Bertz CT molecular complexity index is 5480. The fraction of sp³-hybridized carbons (Fsp3) is 0.435. The molecule has 0 spiro atoms. The number of methoxy groups -OCH3 is 12. The normalized spacial score (nSPS) is 16.6. The van der Waals surface area contributed by atoms with Crippen LogP contribution in [-0.2, 0) is 99.0 Å². The first-order chi connectivity index (χ1) is 63.8. The van der Waals surface area contributed by atoms with Crippen molar-refractivity contribution in [3.05, 3.63) is 227 Å². The molecule has 0 saturated heterocycles. The first-order valence-corrected chi connectivity index (χ1v) is 53.1. The Kier molecular flexibility index (Phi) is 46.5. The third-order valence-corrected chi connectivity index (χ3v) is 24.5. The molecule has 2 heterocycles. The molecule has 5 unspecified atom stereocenters. The van der Waals surface area contributed by atoms with Crippen molar-refractivity contribution in [2.24, 2.45) is 5.92 Å². The third kappa shape index (κ3) is 31.0. The van der Waals surface area contributed by atoms with Crippen LogP contribution in [0.5, 0.6) is 92.0 Å². The van der Waals surface area contributed by atoms with Gasteiger partial charge in [-0.3, -0.25) is 24.0 Å². The molecule has 0 fully saturated rings. The van der Waals surface area contributed by atoms with Crippen molar-refractivity contribution in [3.63, 3.8) is 0 Å². The number of aliphatic hydroxyl groups is 2. The SMILES string of the molecule is C.C.C.C.CC(=O)O.CC(=O)c1cc2c(cc1O)CCCC2.COc1cc(/C=C/C(=O)C2Cc3cc4c(cc3CC2O)CCCC4)cc(OC)c1OC.COc1cc(C2CC(=O)c3cc4c(cc3O2)CCCC4)cc(OC)c1OC.COc1cc(C2CC(O)c3cc4c(cc3O2)CCCC4)cc(OC)c1OC.COc1cc(C=O)cc(OC)c1OC.Oc1ccc2c(c1)CCCC2.[Cl][Ti]([Cl])([Cl])[Cl]. The molecule has 29 heteroatoms. The van der Waals surface area contributed by atoms with Crippen molar-refractivity contribution in [1.82, 2.24) is 0 Å². The Labute approximate surface area is 827 Å². The molecule has 746 valence electrons. The second kappa shape index (κ2) is 55.3. The van der Waals surface area contributed by atoms with E-state index in [1.54, 1.807) is 113 Å². The van der Waals surface area contributed by atoms with E-state index in [2.05, 4.69) is 30.3 Å². The summed E-state index contributed by atoms with van der Waals surface area (Å²) in [7, 11) is 38.8. The molecular weight excluding hydrogens is 1870 g/mol. The molecule has 2 aliphatic heterocycles. The van der Waals surface area contributed by atoms with E-state index in [1.165, 1.54) is 166 Å². The predicted molar refractivity (Wildman–Crippen MR) is 538 cm³/mol. The quantitative estimate of drug-likeness (QED) is 0.0217. The van der Waals surface area contributed by atoms with Gasteiger partial charge in [-0.15, -0.1) is 0 Å². The van der Waals surface area contributed by atoms with Gasteiger partial charge in [0.25, 0.3) is 5.97 Å². The maximum absolute atomic E-state index is 13.0. The van der Waals surface area contributed by atoms with Gasteiger partial charge in [0.05, 0.1) is 121 Å². The number of aliphatic carboxylic acids is 1. The minimum atomic E-state index is -3.11. The van der Waals surface area contributed by atoms with Crippen LogP contribution in [0.25, 0.3) is 6.08 Å². The van der Waals surface area contributed by atoms with Gasteiger partial charge in [-0.1, -0.05) is 54.0 Å². The van der Waals surface area contributed by atoms with E-state index >= 15 is 0 Å². The number of carboxylic acids is 1. The minimum absolute atomic E-state index is 0. The van der Waals surface area contributed by atoms with Crippen LogP contribution >= 0.6 is 37.2 Å². The summed E-state index contributed by atoms with van der Waals surface area (Å²) in [6, 6.07) is 36.5. The number of carboxylic acid groups (broad SMARTS) is 1. The van der Waals surface area contributed by atoms with Gasteiger partial charge in [0.15, 0.2) is 63.3 Å². The van der Waals surface area contributed by atoms with Crippen LogP contribution in [0, 0.1) is 5.92 Å². The van der Waals surface area contributed by atoms with Crippen LogP contribution in [0.3, 0.4) is 0 Å². The first-order valence-electron chi connectivity index (χ1n) is 44.5.